The number of rotatable bonds is 7. The first-order chi connectivity index (χ1) is 11.4. The van der Waals surface area contributed by atoms with Crippen molar-refractivity contribution in [3.05, 3.63) is 23.8 Å². The molecule has 7 heteroatoms. The molecule has 0 aliphatic carbocycles. The molecule has 0 aliphatic heterocycles. The van der Waals surface area contributed by atoms with Gasteiger partial charge >= 0.3 is 0 Å². The fourth-order valence-electron chi connectivity index (χ4n) is 2.15. The summed E-state index contributed by atoms with van der Waals surface area (Å²) in [5.41, 5.74) is 7.80. The number of nitrogens with two attached hydrogens (primary N) is 1. The molecule has 2 amide bonds. The summed E-state index contributed by atoms with van der Waals surface area (Å²) in [7, 11) is 0. The zero-order valence-electron chi connectivity index (χ0n) is 14.3. The van der Waals surface area contributed by atoms with E-state index in [9.17, 15) is 9.59 Å². The molecule has 0 saturated heterocycles. The van der Waals surface area contributed by atoms with Gasteiger partial charge in [0.15, 0.2) is 5.13 Å². The Morgan fingerprint density at radius 1 is 1.33 bits per heavy atom. The second kappa shape index (κ2) is 8.21. The zero-order chi connectivity index (χ0) is 17.7. The Hall–Kier alpha value is -1.99. The van der Waals surface area contributed by atoms with Crippen LogP contribution in [0.5, 0.6) is 0 Å². The summed E-state index contributed by atoms with van der Waals surface area (Å²) in [6.45, 7) is 6.26. The van der Waals surface area contributed by atoms with Crippen LogP contribution in [0.25, 0.3) is 10.2 Å². The summed E-state index contributed by atoms with van der Waals surface area (Å²) in [6, 6.07) is 5.49. The molecule has 24 heavy (non-hydrogen) atoms. The Bertz CT molecular complexity index is 726. The van der Waals surface area contributed by atoms with Crippen LogP contribution in [0.15, 0.2) is 18.2 Å². The van der Waals surface area contributed by atoms with E-state index in [1.54, 1.807) is 0 Å². The smallest absolute Gasteiger partial charge is 0.237 e. The fourth-order valence-corrected chi connectivity index (χ4v) is 3.13. The van der Waals surface area contributed by atoms with Crippen LogP contribution in [-0.4, -0.2) is 29.4 Å². The van der Waals surface area contributed by atoms with Crippen molar-refractivity contribution in [2.24, 2.45) is 11.7 Å². The molecule has 0 radical (unpaired) electrons. The van der Waals surface area contributed by atoms with Gasteiger partial charge in [0.2, 0.25) is 11.8 Å². The number of carbonyl (C=O) groups excluding carboxylic acids is 2. The number of hydrogen-bond acceptors (Lipinski definition) is 5. The van der Waals surface area contributed by atoms with Crippen molar-refractivity contribution in [2.45, 2.75) is 39.7 Å². The van der Waals surface area contributed by atoms with E-state index in [1.807, 2.05) is 32.9 Å². The minimum Gasteiger partial charge on any atom is -0.355 e. The number of anilines is 1. The van der Waals surface area contributed by atoms with Gasteiger partial charge in [-0.25, -0.2) is 4.98 Å². The Balaban J connectivity index is 1.75. The molecular weight excluding hydrogens is 324 g/mol. The van der Waals surface area contributed by atoms with Crippen molar-refractivity contribution in [3.8, 4) is 0 Å². The van der Waals surface area contributed by atoms with Gasteiger partial charge in [-0.2, -0.15) is 0 Å². The molecule has 0 unspecified atom stereocenters. The van der Waals surface area contributed by atoms with E-state index in [0.717, 1.165) is 10.2 Å². The number of aryl methyl sites for hydroxylation is 1. The van der Waals surface area contributed by atoms with Crippen LogP contribution in [0.4, 0.5) is 5.13 Å². The number of thiazole rings is 1. The maximum absolute atomic E-state index is 12.0. The normalized spacial score (nSPS) is 12.4. The molecule has 0 spiro atoms. The summed E-state index contributed by atoms with van der Waals surface area (Å²) in [4.78, 5) is 28.1. The third kappa shape index (κ3) is 5.01. The van der Waals surface area contributed by atoms with Crippen LogP contribution in [0.3, 0.4) is 0 Å². The molecule has 1 atom stereocenters. The molecule has 0 saturated carbocycles. The van der Waals surface area contributed by atoms with Crippen molar-refractivity contribution in [1.29, 1.82) is 0 Å². The zero-order valence-corrected chi connectivity index (χ0v) is 15.1. The van der Waals surface area contributed by atoms with Gasteiger partial charge < -0.3 is 16.4 Å². The number of fused-ring (bicyclic) bond motifs is 1. The van der Waals surface area contributed by atoms with Crippen LogP contribution in [0, 0.1) is 12.8 Å². The van der Waals surface area contributed by atoms with Crippen LogP contribution in [0.2, 0.25) is 0 Å². The van der Waals surface area contributed by atoms with Crippen molar-refractivity contribution >= 4 is 38.5 Å². The highest BCUT2D eigenvalue weighted by atomic mass is 32.1. The molecule has 2 rings (SSSR count). The third-order valence-electron chi connectivity index (χ3n) is 3.69. The Kier molecular flexibility index (Phi) is 6.28. The predicted octanol–water partition coefficient (Wildman–Crippen LogP) is 2.42. The van der Waals surface area contributed by atoms with Crippen molar-refractivity contribution in [3.63, 3.8) is 0 Å². The van der Waals surface area contributed by atoms with E-state index < -0.39 is 6.04 Å². The first kappa shape index (κ1) is 18.4. The topological polar surface area (TPSA) is 97.1 Å². The monoisotopic (exact) mass is 348 g/mol. The molecule has 4 N–H and O–H groups in total. The lowest BCUT2D eigenvalue weighted by atomic mass is 10.1. The van der Waals surface area contributed by atoms with Gasteiger partial charge in [0, 0.05) is 13.0 Å². The summed E-state index contributed by atoms with van der Waals surface area (Å²) >= 11 is 1.46. The van der Waals surface area contributed by atoms with Gasteiger partial charge in [0.05, 0.1) is 16.3 Å². The van der Waals surface area contributed by atoms with E-state index in [-0.39, 0.29) is 17.7 Å². The number of aromatic nitrogens is 1. The maximum atomic E-state index is 12.0. The standard InChI is InChI=1S/C17H24N4O2S/c1-10(2)15(18)16(23)19-8-4-5-14(22)21-17-20-12-7-6-11(3)9-13(12)24-17/h6-7,9-10,15H,4-5,8,18H2,1-3H3,(H,19,23)(H,20,21,22)/t15-/m1/s1. The molecule has 1 heterocycles. The van der Waals surface area contributed by atoms with Gasteiger partial charge in [-0.15, -0.1) is 0 Å². The number of hydrogen-bond donors (Lipinski definition) is 3. The van der Waals surface area contributed by atoms with Crippen LogP contribution >= 0.6 is 11.3 Å². The molecule has 1 aromatic carbocycles. The minimum absolute atomic E-state index is 0.0935. The first-order valence-corrected chi connectivity index (χ1v) is 8.89. The first-order valence-electron chi connectivity index (χ1n) is 8.07. The van der Waals surface area contributed by atoms with Gasteiger partial charge in [0.1, 0.15) is 0 Å². The number of nitrogens with zero attached hydrogens (tertiary/aromatic N) is 1. The van der Waals surface area contributed by atoms with E-state index >= 15 is 0 Å². The van der Waals surface area contributed by atoms with E-state index in [1.165, 1.54) is 16.9 Å². The predicted molar refractivity (Wildman–Crippen MR) is 98.0 cm³/mol. The highest BCUT2D eigenvalue weighted by Gasteiger charge is 2.16. The molecule has 0 aliphatic rings. The summed E-state index contributed by atoms with van der Waals surface area (Å²) < 4.78 is 1.06. The molecule has 0 fully saturated rings. The second-order valence-corrected chi connectivity index (χ2v) is 7.23. The van der Waals surface area contributed by atoms with Gasteiger partial charge in [0.25, 0.3) is 0 Å². The van der Waals surface area contributed by atoms with Crippen LogP contribution in [0.1, 0.15) is 32.3 Å². The minimum atomic E-state index is -0.509. The average molecular weight is 348 g/mol. The van der Waals surface area contributed by atoms with Crippen LogP contribution < -0.4 is 16.4 Å². The number of benzene rings is 1. The summed E-state index contributed by atoms with van der Waals surface area (Å²) in [5, 5.41) is 6.17. The van der Waals surface area contributed by atoms with Crippen molar-refractivity contribution in [2.75, 3.05) is 11.9 Å². The quantitative estimate of drug-likeness (QED) is 0.669. The lowest BCUT2D eigenvalue weighted by Crippen LogP contribution is -2.44. The van der Waals surface area contributed by atoms with Gasteiger partial charge in [-0.1, -0.05) is 31.3 Å². The van der Waals surface area contributed by atoms with Gasteiger partial charge in [-0.05, 0) is 37.0 Å². The molecule has 1 aromatic heterocycles. The maximum Gasteiger partial charge on any atom is 0.237 e. The fraction of sp³-hybridized carbons (Fsp3) is 0.471. The Labute approximate surface area is 145 Å². The molecule has 0 bridgehead atoms. The number of nitrogens with one attached hydrogen (secondary N) is 2. The third-order valence-corrected chi connectivity index (χ3v) is 4.62. The van der Waals surface area contributed by atoms with E-state index in [0.29, 0.717) is 24.5 Å². The van der Waals surface area contributed by atoms with Gasteiger partial charge in [-0.3, -0.25) is 9.59 Å². The lowest BCUT2D eigenvalue weighted by Gasteiger charge is -2.15. The summed E-state index contributed by atoms with van der Waals surface area (Å²) in [5.74, 6) is -0.184. The Morgan fingerprint density at radius 3 is 2.79 bits per heavy atom. The molecule has 2 aromatic rings. The number of amides is 2. The largest absolute Gasteiger partial charge is 0.355 e. The molecule has 6 nitrogen and oxygen atoms in total. The van der Waals surface area contributed by atoms with Crippen LogP contribution in [-0.2, 0) is 9.59 Å². The van der Waals surface area contributed by atoms with Crippen molar-refractivity contribution in [1.82, 2.24) is 10.3 Å². The lowest BCUT2D eigenvalue weighted by molar-refractivity contribution is -0.123. The highest BCUT2D eigenvalue weighted by Crippen LogP contribution is 2.26. The highest BCUT2D eigenvalue weighted by molar-refractivity contribution is 7.22. The summed E-state index contributed by atoms with van der Waals surface area (Å²) in [6.07, 6.45) is 0.887. The Morgan fingerprint density at radius 2 is 2.08 bits per heavy atom. The van der Waals surface area contributed by atoms with Crippen molar-refractivity contribution < 1.29 is 9.59 Å². The van der Waals surface area contributed by atoms with E-state index in [2.05, 4.69) is 21.7 Å². The molecular formula is C17H24N4O2S. The second-order valence-electron chi connectivity index (χ2n) is 6.20. The SMILES string of the molecule is Cc1ccc2nc(NC(=O)CCCNC(=O)[C@H](N)C(C)C)sc2c1. The number of carbonyl (C=O) groups is 2. The van der Waals surface area contributed by atoms with E-state index in [4.69, 9.17) is 5.73 Å². The average Bonchev–Trinajstić information content (AvgIpc) is 2.91. The molecule has 130 valence electrons.